The van der Waals surface area contributed by atoms with Crippen molar-refractivity contribution in [2.75, 3.05) is 31.5 Å². The van der Waals surface area contributed by atoms with E-state index in [0.717, 1.165) is 31.7 Å². The van der Waals surface area contributed by atoms with Crippen LogP contribution in [0.4, 0.5) is 5.69 Å². The van der Waals surface area contributed by atoms with E-state index in [1.165, 1.54) is 16.6 Å². The van der Waals surface area contributed by atoms with Gasteiger partial charge in [-0.05, 0) is 31.6 Å². The molecule has 0 atom stereocenters. The van der Waals surface area contributed by atoms with Crippen molar-refractivity contribution in [1.82, 2.24) is 9.88 Å². The largest absolute Gasteiger partial charge is 0.382 e. The molecule has 2 rings (SSSR count). The van der Waals surface area contributed by atoms with Crippen molar-refractivity contribution in [2.45, 2.75) is 20.8 Å². The number of hydrogen-bond acceptors (Lipinski definition) is 3. The summed E-state index contributed by atoms with van der Waals surface area (Å²) in [4.78, 5) is 6.92. The number of anilines is 1. The third-order valence-corrected chi connectivity index (χ3v) is 3.61. The minimum Gasteiger partial charge on any atom is -0.382 e. The Morgan fingerprint density at radius 3 is 2.68 bits per heavy atom. The molecule has 0 radical (unpaired) electrons. The summed E-state index contributed by atoms with van der Waals surface area (Å²) in [6.45, 7) is 10.8. The van der Waals surface area contributed by atoms with Gasteiger partial charge in [0.15, 0.2) is 0 Å². The normalized spacial score (nSPS) is 11.2. The number of likely N-dealkylation sites (N-methyl/N-ethyl adjacent to an activating group) is 1. The van der Waals surface area contributed by atoms with Gasteiger partial charge in [-0.3, -0.25) is 4.98 Å². The van der Waals surface area contributed by atoms with Crippen LogP contribution in [0.15, 0.2) is 30.5 Å². The van der Waals surface area contributed by atoms with Crippen molar-refractivity contribution in [3.8, 4) is 0 Å². The molecule has 0 saturated carbocycles. The topological polar surface area (TPSA) is 28.2 Å². The molecule has 0 amide bonds. The molecule has 1 aromatic carbocycles. The molecule has 3 heteroatoms. The summed E-state index contributed by atoms with van der Waals surface area (Å²) in [6.07, 6.45) is 1.86. The predicted molar refractivity (Wildman–Crippen MR) is 82.8 cm³/mol. The first-order valence-electron chi connectivity index (χ1n) is 7.06. The van der Waals surface area contributed by atoms with Crippen LogP contribution < -0.4 is 5.32 Å². The first-order valence-corrected chi connectivity index (χ1v) is 7.06. The lowest BCUT2D eigenvalue weighted by atomic mass is 10.1. The number of benzene rings is 1. The highest BCUT2D eigenvalue weighted by Gasteiger charge is 2.05. The summed E-state index contributed by atoms with van der Waals surface area (Å²) in [7, 11) is 0. The monoisotopic (exact) mass is 257 g/mol. The van der Waals surface area contributed by atoms with E-state index in [-0.39, 0.29) is 0 Å². The molecule has 0 bridgehead atoms. The van der Waals surface area contributed by atoms with Gasteiger partial charge in [0.25, 0.3) is 0 Å². The van der Waals surface area contributed by atoms with Gasteiger partial charge >= 0.3 is 0 Å². The van der Waals surface area contributed by atoms with Gasteiger partial charge in [0, 0.05) is 24.7 Å². The molecule has 0 saturated heterocycles. The van der Waals surface area contributed by atoms with Crippen LogP contribution in [0.2, 0.25) is 0 Å². The second kappa shape index (κ2) is 6.53. The summed E-state index contributed by atoms with van der Waals surface area (Å²) >= 11 is 0. The molecule has 19 heavy (non-hydrogen) atoms. The molecule has 1 heterocycles. The Kier molecular flexibility index (Phi) is 4.74. The van der Waals surface area contributed by atoms with E-state index < -0.39 is 0 Å². The van der Waals surface area contributed by atoms with Crippen molar-refractivity contribution in [2.24, 2.45) is 0 Å². The fraction of sp³-hybridized carbons (Fsp3) is 0.438. The third-order valence-electron chi connectivity index (χ3n) is 3.61. The lowest BCUT2D eigenvalue weighted by Gasteiger charge is -2.19. The molecule has 2 aromatic rings. The highest BCUT2D eigenvalue weighted by Crippen LogP contribution is 2.24. The van der Waals surface area contributed by atoms with Gasteiger partial charge in [-0.25, -0.2) is 0 Å². The van der Waals surface area contributed by atoms with E-state index in [4.69, 9.17) is 0 Å². The highest BCUT2D eigenvalue weighted by atomic mass is 15.1. The molecule has 0 unspecified atom stereocenters. The first-order chi connectivity index (χ1) is 9.26. The van der Waals surface area contributed by atoms with Gasteiger partial charge in [-0.2, -0.15) is 0 Å². The Labute approximate surface area is 115 Å². The van der Waals surface area contributed by atoms with Gasteiger partial charge in [-0.1, -0.05) is 32.0 Å². The molecule has 1 N–H and O–H groups in total. The zero-order valence-corrected chi connectivity index (χ0v) is 12.1. The predicted octanol–water partition coefficient (Wildman–Crippen LogP) is 3.30. The van der Waals surface area contributed by atoms with Crippen LogP contribution in [0.25, 0.3) is 10.9 Å². The quantitative estimate of drug-likeness (QED) is 0.860. The molecule has 0 aliphatic rings. The molecule has 3 nitrogen and oxygen atoms in total. The number of pyridine rings is 1. The molecular formula is C16H23N3. The van der Waals surface area contributed by atoms with Crippen molar-refractivity contribution >= 4 is 16.6 Å². The zero-order valence-electron chi connectivity index (χ0n) is 12.1. The molecule has 1 aromatic heterocycles. The Hall–Kier alpha value is -1.61. The lowest BCUT2D eigenvalue weighted by molar-refractivity contribution is 0.316. The fourth-order valence-electron chi connectivity index (χ4n) is 2.35. The van der Waals surface area contributed by atoms with Gasteiger partial charge in [-0.15, -0.1) is 0 Å². The number of nitrogens with one attached hydrogen (secondary N) is 1. The molecular weight excluding hydrogens is 234 g/mol. The minimum atomic E-state index is 0.957. The summed E-state index contributed by atoms with van der Waals surface area (Å²) in [6, 6.07) is 8.38. The summed E-state index contributed by atoms with van der Waals surface area (Å²) in [5.41, 5.74) is 3.50. The van der Waals surface area contributed by atoms with Crippen LogP contribution >= 0.6 is 0 Å². The van der Waals surface area contributed by atoms with Crippen LogP contribution in [0.3, 0.4) is 0 Å². The van der Waals surface area contributed by atoms with Crippen molar-refractivity contribution in [1.29, 1.82) is 0 Å². The lowest BCUT2D eigenvalue weighted by Crippen LogP contribution is -2.28. The number of aromatic nitrogens is 1. The summed E-state index contributed by atoms with van der Waals surface area (Å²) in [5, 5.41) is 4.74. The summed E-state index contributed by atoms with van der Waals surface area (Å²) < 4.78 is 0. The van der Waals surface area contributed by atoms with Gasteiger partial charge < -0.3 is 10.2 Å². The number of hydrogen-bond donors (Lipinski definition) is 1. The van der Waals surface area contributed by atoms with E-state index in [1.54, 1.807) is 0 Å². The van der Waals surface area contributed by atoms with Crippen LogP contribution in [0, 0.1) is 6.92 Å². The Morgan fingerprint density at radius 1 is 1.16 bits per heavy atom. The maximum atomic E-state index is 4.50. The molecule has 0 aliphatic heterocycles. The second-order valence-corrected chi connectivity index (χ2v) is 4.79. The maximum absolute atomic E-state index is 4.50. The summed E-state index contributed by atoms with van der Waals surface area (Å²) in [5.74, 6) is 0. The van der Waals surface area contributed by atoms with Crippen LogP contribution in [0.1, 0.15) is 19.4 Å². The van der Waals surface area contributed by atoms with Gasteiger partial charge in [0.1, 0.15) is 0 Å². The van der Waals surface area contributed by atoms with Crippen LogP contribution in [-0.4, -0.2) is 36.1 Å². The van der Waals surface area contributed by atoms with Crippen LogP contribution in [-0.2, 0) is 0 Å². The standard InChI is InChI=1S/C16H23N3/c1-4-19(5-2)12-11-18-15-13(3)8-9-14-7-6-10-17-16(14)15/h6-10,18H,4-5,11-12H2,1-3H3. The minimum absolute atomic E-state index is 0.957. The average Bonchev–Trinajstić information content (AvgIpc) is 2.45. The fourth-order valence-corrected chi connectivity index (χ4v) is 2.35. The van der Waals surface area contributed by atoms with Gasteiger partial charge in [0.05, 0.1) is 11.2 Å². The zero-order chi connectivity index (χ0) is 13.7. The van der Waals surface area contributed by atoms with Crippen LogP contribution in [0.5, 0.6) is 0 Å². The van der Waals surface area contributed by atoms with Gasteiger partial charge in [0.2, 0.25) is 0 Å². The molecule has 0 aliphatic carbocycles. The Morgan fingerprint density at radius 2 is 1.95 bits per heavy atom. The van der Waals surface area contributed by atoms with Crippen molar-refractivity contribution in [3.05, 3.63) is 36.0 Å². The van der Waals surface area contributed by atoms with E-state index in [0.29, 0.717) is 0 Å². The van der Waals surface area contributed by atoms with Crippen molar-refractivity contribution < 1.29 is 0 Å². The number of nitrogens with zero attached hydrogens (tertiary/aromatic N) is 2. The number of rotatable bonds is 6. The number of fused-ring (bicyclic) bond motifs is 1. The van der Waals surface area contributed by atoms with E-state index in [1.807, 2.05) is 12.3 Å². The Balaban J connectivity index is 2.13. The maximum Gasteiger partial charge on any atom is 0.0935 e. The first kappa shape index (κ1) is 13.8. The Bertz CT molecular complexity index is 533. The van der Waals surface area contributed by atoms with E-state index in [9.17, 15) is 0 Å². The number of aryl methyl sites for hydroxylation is 1. The second-order valence-electron chi connectivity index (χ2n) is 4.79. The molecule has 102 valence electrons. The molecule has 0 spiro atoms. The highest BCUT2D eigenvalue weighted by molar-refractivity contribution is 5.91. The SMILES string of the molecule is CCN(CC)CCNc1c(C)ccc2cccnc12. The average molecular weight is 257 g/mol. The smallest absolute Gasteiger partial charge is 0.0935 e. The molecule has 0 fully saturated rings. The van der Waals surface area contributed by atoms with E-state index in [2.05, 4.69) is 54.2 Å². The van der Waals surface area contributed by atoms with E-state index >= 15 is 0 Å². The third kappa shape index (κ3) is 3.24. The van der Waals surface area contributed by atoms with Crippen molar-refractivity contribution in [3.63, 3.8) is 0 Å².